The number of rotatable bonds is 8. The summed E-state index contributed by atoms with van der Waals surface area (Å²) in [7, 11) is 2.71. The molecule has 15 heteroatoms. The summed E-state index contributed by atoms with van der Waals surface area (Å²) in [4.78, 5) is 32.0. The van der Waals surface area contributed by atoms with Crippen molar-refractivity contribution >= 4 is 28.5 Å². The van der Waals surface area contributed by atoms with Crippen LogP contribution >= 0.6 is 0 Å². The number of fused-ring (bicyclic) bond motifs is 1. The van der Waals surface area contributed by atoms with Crippen molar-refractivity contribution in [2.75, 3.05) is 52.3 Å². The van der Waals surface area contributed by atoms with Gasteiger partial charge < -0.3 is 30.0 Å². The Morgan fingerprint density at radius 1 is 1.15 bits per heavy atom. The van der Waals surface area contributed by atoms with E-state index in [-0.39, 0.29) is 64.6 Å². The van der Waals surface area contributed by atoms with Gasteiger partial charge in [-0.1, -0.05) is 18.8 Å². The van der Waals surface area contributed by atoms with Gasteiger partial charge in [0.15, 0.2) is 0 Å². The lowest BCUT2D eigenvalue weighted by atomic mass is 9.90. The van der Waals surface area contributed by atoms with Crippen LogP contribution in [-0.4, -0.2) is 97.7 Å². The van der Waals surface area contributed by atoms with E-state index in [2.05, 4.69) is 37.7 Å². The fraction of sp³-hybridized carbons (Fsp3) is 0.485. The molecule has 3 N–H and O–H groups in total. The van der Waals surface area contributed by atoms with Gasteiger partial charge in [0.05, 0.1) is 48.9 Å². The Hall–Kier alpha value is -4.42. The zero-order valence-electron chi connectivity index (χ0n) is 26.7. The Morgan fingerprint density at radius 2 is 1.94 bits per heavy atom. The Morgan fingerprint density at radius 3 is 2.62 bits per heavy atom. The van der Waals surface area contributed by atoms with Gasteiger partial charge in [-0.2, -0.15) is 13.2 Å². The van der Waals surface area contributed by atoms with Gasteiger partial charge in [0, 0.05) is 50.5 Å². The topological polar surface area (TPSA) is 110 Å². The van der Waals surface area contributed by atoms with Gasteiger partial charge in [0.2, 0.25) is 0 Å². The summed E-state index contributed by atoms with van der Waals surface area (Å²) in [6, 6.07) is 4.78. The fourth-order valence-electron chi connectivity index (χ4n) is 6.23. The zero-order chi connectivity index (χ0) is 34.6. The number of nitrogens with one attached hydrogen (secondary N) is 3. The first kappa shape index (κ1) is 34.9. The van der Waals surface area contributed by atoms with E-state index in [0.29, 0.717) is 38.2 Å². The van der Waals surface area contributed by atoms with Gasteiger partial charge in [0.1, 0.15) is 29.8 Å². The average Bonchev–Trinajstić information content (AvgIpc) is 3.44. The molecular formula is C33H37F5N6O4. The predicted molar refractivity (Wildman–Crippen MR) is 168 cm³/mol. The van der Waals surface area contributed by atoms with E-state index in [4.69, 9.17) is 9.47 Å². The number of nitrogens with zero attached hydrogens (tertiary/aromatic N) is 3. The van der Waals surface area contributed by atoms with Crippen LogP contribution < -0.4 is 20.7 Å². The van der Waals surface area contributed by atoms with Crippen LogP contribution in [0.3, 0.4) is 0 Å². The molecule has 258 valence electrons. The molecule has 2 aromatic carbocycles. The molecule has 2 aliphatic heterocycles. The number of hydrogen-bond donors (Lipinski definition) is 3. The Bertz CT molecular complexity index is 1720. The third kappa shape index (κ3) is 7.99. The summed E-state index contributed by atoms with van der Waals surface area (Å²) in [6.45, 7) is 2.38. The molecule has 3 aromatic rings. The second-order valence-electron chi connectivity index (χ2n) is 11.9. The first-order valence-electron chi connectivity index (χ1n) is 15.5. The molecule has 2 fully saturated rings. The smallest absolute Gasteiger partial charge is 0.406 e. The summed E-state index contributed by atoms with van der Waals surface area (Å²) in [5.74, 6) is 3.94. The maximum atomic E-state index is 14.5. The highest BCUT2D eigenvalue weighted by atomic mass is 19.4. The summed E-state index contributed by atoms with van der Waals surface area (Å²) in [5.41, 5.74) is 0.623. The number of benzene rings is 2. The SMILES string of the molecule is CNC(=O)c1cc(NCC#Cc2cc(C(=O)N[C@H]3CCN([C@H]4CCOC[C@H]4F)C[C@@H]3C)c3ncn(CC(F)(F)F)c3c2)c(OC)cc1F. The van der Waals surface area contributed by atoms with Crippen molar-refractivity contribution in [3.05, 3.63) is 53.1 Å². The summed E-state index contributed by atoms with van der Waals surface area (Å²) < 4.78 is 80.4. The van der Waals surface area contributed by atoms with Gasteiger partial charge in [0.25, 0.3) is 11.8 Å². The molecule has 1 aromatic heterocycles. The number of methoxy groups -OCH3 is 1. The number of carbonyl (C=O) groups is 2. The third-order valence-corrected chi connectivity index (χ3v) is 8.66. The molecule has 2 saturated heterocycles. The second kappa shape index (κ2) is 14.8. The quantitative estimate of drug-likeness (QED) is 0.243. The monoisotopic (exact) mass is 676 g/mol. The maximum Gasteiger partial charge on any atom is 0.406 e. The highest BCUT2D eigenvalue weighted by molar-refractivity contribution is 6.05. The minimum absolute atomic E-state index is 0.0144. The van der Waals surface area contributed by atoms with Crippen LogP contribution in [0.4, 0.5) is 27.6 Å². The number of piperidine rings is 1. The van der Waals surface area contributed by atoms with Crippen molar-refractivity contribution < 1.29 is 41.0 Å². The normalized spacial score (nSPS) is 21.7. The number of hydrogen-bond acceptors (Lipinski definition) is 7. The summed E-state index contributed by atoms with van der Waals surface area (Å²) >= 11 is 0. The number of carbonyl (C=O) groups excluding carboxylic acids is 2. The number of imidazole rings is 1. The summed E-state index contributed by atoms with van der Waals surface area (Å²) in [6.07, 6.45) is -3.39. The molecule has 10 nitrogen and oxygen atoms in total. The maximum absolute atomic E-state index is 14.5. The molecule has 0 bridgehead atoms. The number of ether oxygens (including phenoxy) is 2. The van der Waals surface area contributed by atoms with Crippen molar-refractivity contribution in [1.29, 1.82) is 0 Å². The van der Waals surface area contributed by atoms with Crippen LogP contribution in [0.15, 0.2) is 30.6 Å². The number of aromatic nitrogens is 2. The van der Waals surface area contributed by atoms with Crippen LogP contribution in [-0.2, 0) is 11.3 Å². The number of likely N-dealkylation sites (tertiary alicyclic amines) is 1. The van der Waals surface area contributed by atoms with Gasteiger partial charge in [-0.15, -0.1) is 0 Å². The van der Waals surface area contributed by atoms with Gasteiger partial charge >= 0.3 is 6.18 Å². The van der Waals surface area contributed by atoms with E-state index in [9.17, 15) is 31.5 Å². The van der Waals surface area contributed by atoms with E-state index in [1.807, 2.05) is 6.92 Å². The highest BCUT2D eigenvalue weighted by Gasteiger charge is 2.36. The molecule has 5 rings (SSSR count). The van der Waals surface area contributed by atoms with Crippen LogP contribution in [0.1, 0.15) is 46.0 Å². The van der Waals surface area contributed by atoms with E-state index < -0.39 is 36.5 Å². The first-order valence-corrected chi connectivity index (χ1v) is 15.5. The van der Waals surface area contributed by atoms with E-state index >= 15 is 0 Å². The lowest BCUT2D eigenvalue weighted by Gasteiger charge is -2.43. The van der Waals surface area contributed by atoms with E-state index in [0.717, 1.165) is 17.0 Å². The molecule has 0 radical (unpaired) electrons. The van der Waals surface area contributed by atoms with Crippen LogP contribution in [0.2, 0.25) is 0 Å². The van der Waals surface area contributed by atoms with Crippen LogP contribution in [0.25, 0.3) is 11.0 Å². The molecule has 0 unspecified atom stereocenters. The van der Waals surface area contributed by atoms with Gasteiger partial charge in [-0.05, 0) is 37.0 Å². The number of anilines is 1. The Kier molecular flexibility index (Phi) is 10.7. The number of alkyl halides is 4. The zero-order valence-corrected chi connectivity index (χ0v) is 26.7. The summed E-state index contributed by atoms with van der Waals surface area (Å²) in [5, 5.41) is 8.35. The number of amides is 2. The lowest BCUT2D eigenvalue weighted by molar-refractivity contribution is -0.140. The highest BCUT2D eigenvalue weighted by Crippen LogP contribution is 2.29. The van der Waals surface area contributed by atoms with Gasteiger partial charge in [-0.25, -0.2) is 13.8 Å². The van der Waals surface area contributed by atoms with Crippen LogP contribution in [0, 0.1) is 23.6 Å². The molecule has 3 heterocycles. The molecule has 0 spiro atoms. The molecule has 48 heavy (non-hydrogen) atoms. The van der Waals surface area contributed by atoms with E-state index in [1.165, 1.54) is 32.4 Å². The minimum Gasteiger partial charge on any atom is -0.494 e. The van der Waals surface area contributed by atoms with Crippen LogP contribution in [0.5, 0.6) is 5.75 Å². The molecule has 0 aliphatic carbocycles. The first-order chi connectivity index (χ1) is 22.9. The average molecular weight is 677 g/mol. The van der Waals surface area contributed by atoms with Gasteiger partial charge in [-0.3, -0.25) is 14.5 Å². The molecule has 2 aliphatic rings. The van der Waals surface area contributed by atoms with Crippen molar-refractivity contribution in [3.8, 4) is 17.6 Å². The van der Waals surface area contributed by atoms with Crippen molar-refractivity contribution in [1.82, 2.24) is 25.1 Å². The Labute approximate surface area is 274 Å². The fourth-order valence-corrected chi connectivity index (χ4v) is 6.23. The standard InChI is InChI=1S/C33H37F5N6O4/c1-19-15-43(27-7-10-48-16-24(27)35)9-6-25(19)42-32(46)22-11-20(12-28-30(22)41-18-44(28)17-33(36,37)38)5-4-8-40-26-13-21(31(45)39-2)23(34)14-29(26)47-3/h11-14,18-19,24-25,27,40H,6-10,15-17H2,1-3H3,(H,39,45)(H,42,46)/t19-,24+,25-,27-/m0/s1. The molecular weight excluding hydrogens is 639 g/mol. The van der Waals surface area contributed by atoms with Crippen molar-refractivity contribution in [2.24, 2.45) is 5.92 Å². The molecule has 0 saturated carbocycles. The molecule has 2 amide bonds. The van der Waals surface area contributed by atoms with Crippen molar-refractivity contribution in [3.63, 3.8) is 0 Å². The minimum atomic E-state index is -4.53. The largest absolute Gasteiger partial charge is 0.494 e. The number of halogens is 5. The van der Waals surface area contributed by atoms with Crippen molar-refractivity contribution in [2.45, 2.75) is 50.7 Å². The molecule has 4 atom stereocenters. The Balaban J connectivity index is 1.36. The second-order valence-corrected chi connectivity index (χ2v) is 11.9. The van der Waals surface area contributed by atoms with E-state index in [1.54, 1.807) is 0 Å². The predicted octanol–water partition coefficient (Wildman–Crippen LogP) is 4.14. The lowest BCUT2D eigenvalue weighted by Crippen LogP contribution is -2.56. The third-order valence-electron chi connectivity index (χ3n) is 8.66.